The highest BCUT2D eigenvalue weighted by Gasteiger charge is 2.29. The monoisotopic (exact) mass is 210 g/mol. The lowest BCUT2D eigenvalue weighted by Gasteiger charge is -2.29. The Balaban J connectivity index is 3.05. The van der Waals surface area contributed by atoms with E-state index in [-0.39, 0.29) is 13.2 Å². The highest BCUT2D eigenvalue weighted by molar-refractivity contribution is 5.29. The second-order valence-electron chi connectivity index (χ2n) is 4.41. The van der Waals surface area contributed by atoms with Crippen LogP contribution < -0.4 is 0 Å². The molecule has 0 bridgehead atoms. The van der Waals surface area contributed by atoms with Gasteiger partial charge in [0.05, 0.1) is 19.3 Å². The van der Waals surface area contributed by atoms with E-state index in [9.17, 15) is 5.11 Å². The van der Waals surface area contributed by atoms with Gasteiger partial charge in [-0.15, -0.1) is 0 Å². The van der Waals surface area contributed by atoms with E-state index in [0.717, 1.165) is 0 Å². The highest BCUT2D eigenvalue weighted by atomic mass is 16.3. The molecule has 15 heavy (non-hydrogen) atoms. The molecule has 0 saturated heterocycles. The van der Waals surface area contributed by atoms with Crippen LogP contribution in [0.1, 0.15) is 31.1 Å². The molecule has 0 radical (unpaired) electrons. The number of benzene rings is 1. The molecule has 1 unspecified atom stereocenters. The molecule has 1 aromatic carbocycles. The minimum absolute atomic E-state index is 0.102. The number of hydrogen-bond acceptors (Lipinski definition) is 3. The standard InChI is InChI=1S/C12H18O3/c1-12(2,8-14)11(15)10-6-4-3-5-9(10)7-13/h3-6,11,13-15H,7-8H2,1-2H3. The van der Waals surface area contributed by atoms with Gasteiger partial charge in [0.15, 0.2) is 0 Å². The van der Waals surface area contributed by atoms with Crippen molar-refractivity contribution in [3.63, 3.8) is 0 Å². The summed E-state index contributed by atoms with van der Waals surface area (Å²) in [5, 5.41) is 28.4. The van der Waals surface area contributed by atoms with Crippen molar-refractivity contribution < 1.29 is 15.3 Å². The van der Waals surface area contributed by atoms with Gasteiger partial charge in [-0.25, -0.2) is 0 Å². The highest BCUT2D eigenvalue weighted by Crippen LogP contribution is 2.34. The smallest absolute Gasteiger partial charge is 0.0866 e. The number of aliphatic hydroxyl groups is 3. The zero-order chi connectivity index (χ0) is 11.5. The minimum Gasteiger partial charge on any atom is -0.396 e. The Hall–Kier alpha value is -0.900. The third-order valence-corrected chi connectivity index (χ3v) is 2.67. The van der Waals surface area contributed by atoms with Crippen LogP contribution in [0.25, 0.3) is 0 Å². The van der Waals surface area contributed by atoms with Crippen molar-refractivity contribution in [1.82, 2.24) is 0 Å². The maximum absolute atomic E-state index is 10.1. The van der Waals surface area contributed by atoms with Crippen LogP contribution >= 0.6 is 0 Å². The van der Waals surface area contributed by atoms with Crippen molar-refractivity contribution in [2.24, 2.45) is 5.41 Å². The van der Waals surface area contributed by atoms with E-state index in [4.69, 9.17) is 10.2 Å². The summed E-state index contributed by atoms with van der Waals surface area (Å²) in [6, 6.07) is 7.17. The Labute approximate surface area is 90.0 Å². The largest absolute Gasteiger partial charge is 0.396 e. The van der Waals surface area contributed by atoms with Gasteiger partial charge in [0.1, 0.15) is 0 Å². The molecule has 84 valence electrons. The lowest BCUT2D eigenvalue weighted by Crippen LogP contribution is -2.26. The van der Waals surface area contributed by atoms with Crippen LogP contribution in [-0.2, 0) is 6.61 Å². The van der Waals surface area contributed by atoms with E-state index in [2.05, 4.69) is 0 Å². The van der Waals surface area contributed by atoms with Gasteiger partial charge in [-0.2, -0.15) is 0 Å². The van der Waals surface area contributed by atoms with Gasteiger partial charge in [0.25, 0.3) is 0 Å². The molecule has 3 nitrogen and oxygen atoms in total. The van der Waals surface area contributed by atoms with E-state index >= 15 is 0 Å². The summed E-state index contributed by atoms with van der Waals surface area (Å²) in [4.78, 5) is 0. The zero-order valence-corrected chi connectivity index (χ0v) is 9.14. The zero-order valence-electron chi connectivity index (χ0n) is 9.14. The van der Waals surface area contributed by atoms with E-state index in [1.165, 1.54) is 0 Å². The average molecular weight is 210 g/mol. The van der Waals surface area contributed by atoms with Crippen LogP contribution in [0.4, 0.5) is 0 Å². The fraction of sp³-hybridized carbons (Fsp3) is 0.500. The van der Waals surface area contributed by atoms with Crippen LogP contribution in [0, 0.1) is 5.41 Å². The lowest BCUT2D eigenvalue weighted by molar-refractivity contribution is 0.00524. The van der Waals surface area contributed by atoms with E-state index in [1.807, 2.05) is 12.1 Å². The SMILES string of the molecule is CC(C)(CO)C(O)c1ccccc1CO. The molecule has 3 N–H and O–H groups in total. The maximum atomic E-state index is 10.1. The predicted octanol–water partition coefficient (Wildman–Crippen LogP) is 1.23. The molecule has 0 amide bonds. The van der Waals surface area contributed by atoms with E-state index in [1.54, 1.807) is 26.0 Å². The van der Waals surface area contributed by atoms with Crippen molar-refractivity contribution in [2.75, 3.05) is 6.61 Å². The van der Waals surface area contributed by atoms with Gasteiger partial charge in [-0.1, -0.05) is 38.1 Å². The van der Waals surface area contributed by atoms with Gasteiger partial charge in [-0.3, -0.25) is 0 Å². The van der Waals surface area contributed by atoms with Gasteiger partial charge in [0.2, 0.25) is 0 Å². The predicted molar refractivity (Wildman–Crippen MR) is 58.2 cm³/mol. The third-order valence-electron chi connectivity index (χ3n) is 2.67. The molecule has 3 heteroatoms. The first kappa shape index (κ1) is 12.2. The molecule has 0 aliphatic rings. The third kappa shape index (κ3) is 2.56. The van der Waals surface area contributed by atoms with Crippen LogP contribution in [-0.4, -0.2) is 21.9 Å². The molecule has 0 aliphatic carbocycles. The molecular weight excluding hydrogens is 192 g/mol. The van der Waals surface area contributed by atoms with Crippen molar-refractivity contribution in [2.45, 2.75) is 26.6 Å². The van der Waals surface area contributed by atoms with E-state index < -0.39 is 11.5 Å². The van der Waals surface area contributed by atoms with Gasteiger partial charge >= 0.3 is 0 Å². The molecule has 0 saturated carbocycles. The Kier molecular flexibility index (Phi) is 3.85. The lowest BCUT2D eigenvalue weighted by atomic mass is 9.82. The normalized spacial score (nSPS) is 13.9. The summed E-state index contributed by atoms with van der Waals surface area (Å²) in [5.41, 5.74) is 0.774. The van der Waals surface area contributed by atoms with Crippen molar-refractivity contribution in [3.05, 3.63) is 35.4 Å². The number of aliphatic hydroxyl groups excluding tert-OH is 3. The Morgan fingerprint density at radius 1 is 1.20 bits per heavy atom. The van der Waals surface area contributed by atoms with E-state index in [0.29, 0.717) is 11.1 Å². The average Bonchev–Trinajstić information content (AvgIpc) is 2.28. The number of hydrogen-bond donors (Lipinski definition) is 3. The maximum Gasteiger partial charge on any atom is 0.0866 e. The quantitative estimate of drug-likeness (QED) is 0.700. The Bertz CT molecular complexity index is 320. The van der Waals surface area contributed by atoms with Crippen molar-refractivity contribution in [1.29, 1.82) is 0 Å². The second-order valence-corrected chi connectivity index (χ2v) is 4.41. The molecular formula is C12H18O3. The van der Waals surface area contributed by atoms with Crippen LogP contribution in [0.3, 0.4) is 0 Å². The Morgan fingerprint density at radius 2 is 1.80 bits per heavy atom. The van der Waals surface area contributed by atoms with Gasteiger partial charge in [-0.05, 0) is 11.1 Å². The fourth-order valence-corrected chi connectivity index (χ4v) is 1.45. The molecule has 1 rings (SSSR count). The molecule has 1 aromatic rings. The molecule has 0 spiro atoms. The summed E-state index contributed by atoms with van der Waals surface area (Å²) in [6.07, 6.45) is -0.772. The molecule has 0 aliphatic heterocycles. The summed E-state index contributed by atoms with van der Waals surface area (Å²) in [5.74, 6) is 0. The van der Waals surface area contributed by atoms with Crippen LogP contribution in [0.2, 0.25) is 0 Å². The molecule has 1 atom stereocenters. The second kappa shape index (κ2) is 4.75. The fourth-order valence-electron chi connectivity index (χ4n) is 1.45. The number of rotatable bonds is 4. The van der Waals surface area contributed by atoms with Crippen molar-refractivity contribution in [3.8, 4) is 0 Å². The van der Waals surface area contributed by atoms with Crippen LogP contribution in [0.15, 0.2) is 24.3 Å². The van der Waals surface area contributed by atoms with Gasteiger partial charge < -0.3 is 15.3 Å². The van der Waals surface area contributed by atoms with Crippen LogP contribution in [0.5, 0.6) is 0 Å². The molecule has 0 heterocycles. The topological polar surface area (TPSA) is 60.7 Å². The Morgan fingerprint density at radius 3 is 2.33 bits per heavy atom. The summed E-state index contributed by atoms with van der Waals surface area (Å²) in [6.45, 7) is 3.36. The minimum atomic E-state index is -0.772. The first-order valence-electron chi connectivity index (χ1n) is 5.00. The summed E-state index contributed by atoms with van der Waals surface area (Å²) in [7, 11) is 0. The first-order valence-corrected chi connectivity index (χ1v) is 5.00. The first-order chi connectivity index (χ1) is 7.03. The molecule has 0 aromatic heterocycles. The summed E-state index contributed by atoms with van der Waals surface area (Å²) >= 11 is 0. The molecule has 0 fully saturated rings. The van der Waals surface area contributed by atoms with Crippen molar-refractivity contribution >= 4 is 0 Å². The summed E-state index contributed by atoms with van der Waals surface area (Å²) < 4.78 is 0. The van der Waals surface area contributed by atoms with Gasteiger partial charge in [0, 0.05) is 5.41 Å².